The fourth-order valence-electron chi connectivity index (χ4n) is 4.11. The summed E-state index contributed by atoms with van der Waals surface area (Å²) in [5.74, 6) is 0.631. The van der Waals surface area contributed by atoms with Crippen molar-refractivity contribution in [1.29, 1.82) is 0 Å². The molecule has 0 saturated carbocycles. The summed E-state index contributed by atoms with van der Waals surface area (Å²) in [5, 5.41) is 2.96. The third kappa shape index (κ3) is 5.23. The molecule has 4 rings (SSSR count). The molecular formula is C26H28N2O3. The Labute approximate surface area is 183 Å². The van der Waals surface area contributed by atoms with Gasteiger partial charge in [0.25, 0.3) is 5.91 Å². The highest BCUT2D eigenvalue weighted by Crippen LogP contribution is 2.25. The van der Waals surface area contributed by atoms with Gasteiger partial charge in [-0.3, -0.25) is 9.59 Å². The van der Waals surface area contributed by atoms with E-state index in [4.69, 9.17) is 4.74 Å². The number of ether oxygens (including phenoxy) is 1. The molecule has 1 N–H and O–H groups in total. The molecule has 1 aliphatic carbocycles. The number of nitrogens with zero attached hydrogens (tertiary/aromatic N) is 1. The van der Waals surface area contributed by atoms with E-state index in [-0.39, 0.29) is 17.9 Å². The number of hydrogen-bond donors (Lipinski definition) is 1. The topological polar surface area (TPSA) is 58.6 Å². The van der Waals surface area contributed by atoms with Gasteiger partial charge in [0, 0.05) is 18.5 Å². The molecule has 0 radical (unpaired) electrons. The number of nitrogens with one attached hydrogen (secondary N) is 1. The first-order chi connectivity index (χ1) is 15.2. The van der Waals surface area contributed by atoms with Gasteiger partial charge in [-0.25, -0.2) is 0 Å². The van der Waals surface area contributed by atoms with Crippen LogP contribution < -0.4 is 5.32 Å². The van der Waals surface area contributed by atoms with Gasteiger partial charge in [-0.2, -0.15) is 0 Å². The summed E-state index contributed by atoms with van der Waals surface area (Å²) in [7, 11) is 0. The number of benzene rings is 2. The highest BCUT2D eigenvalue weighted by Gasteiger charge is 2.35. The van der Waals surface area contributed by atoms with Crippen molar-refractivity contribution in [3.8, 4) is 0 Å². The van der Waals surface area contributed by atoms with Crippen molar-refractivity contribution < 1.29 is 14.3 Å². The Kier molecular flexibility index (Phi) is 6.82. The van der Waals surface area contributed by atoms with Crippen LogP contribution in [0.5, 0.6) is 0 Å². The molecule has 0 aromatic heterocycles. The number of likely N-dealkylation sites (tertiary alicyclic amines) is 1. The Morgan fingerprint density at radius 1 is 1.06 bits per heavy atom. The standard InChI is InChI=1S/C26H28N2O3/c29-25(21-13-6-2-7-14-21)27-24(20-11-4-1-5-12-20)26(30)28-18-10-15-22(28)19-31-23-16-8-3-9-17-23/h1-8,11-14,16,22,24H,9-10,15,17-19H2,(H,27,29). The van der Waals surface area contributed by atoms with E-state index in [2.05, 4.69) is 11.4 Å². The lowest BCUT2D eigenvalue weighted by Crippen LogP contribution is -2.46. The van der Waals surface area contributed by atoms with Crippen LogP contribution >= 0.6 is 0 Å². The average molecular weight is 417 g/mol. The third-order valence-electron chi connectivity index (χ3n) is 5.79. The number of carbonyl (C=O) groups excluding carboxylic acids is 2. The van der Waals surface area contributed by atoms with Crippen LogP contribution in [0.3, 0.4) is 0 Å². The second-order valence-corrected chi connectivity index (χ2v) is 7.92. The van der Waals surface area contributed by atoms with E-state index in [1.54, 1.807) is 12.1 Å². The number of allylic oxidation sites excluding steroid dienone is 4. The quantitative estimate of drug-likeness (QED) is 0.728. The van der Waals surface area contributed by atoms with Crippen LogP contribution in [-0.4, -0.2) is 35.9 Å². The maximum absolute atomic E-state index is 13.6. The molecule has 2 unspecified atom stereocenters. The van der Waals surface area contributed by atoms with Gasteiger partial charge >= 0.3 is 0 Å². The minimum atomic E-state index is -0.730. The zero-order chi connectivity index (χ0) is 21.5. The third-order valence-corrected chi connectivity index (χ3v) is 5.79. The zero-order valence-corrected chi connectivity index (χ0v) is 17.6. The van der Waals surface area contributed by atoms with Gasteiger partial charge in [0.15, 0.2) is 0 Å². The lowest BCUT2D eigenvalue weighted by molar-refractivity contribution is -0.135. The number of rotatable bonds is 7. The van der Waals surface area contributed by atoms with Crippen LogP contribution in [0.4, 0.5) is 0 Å². The van der Waals surface area contributed by atoms with Crippen LogP contribution in [0.15, 0.2) is 84.7 Å². The molecule has 0 spiro atoms. The minimum Gasteiger partial charge on any atom is -0.496 e. The fourth-order valence-corrected chi connectivity index (χ4v) is 4.11. The highest BCUT2D eigenvalue weighted by atomic mass is 16.5. The molecule has 0 bridgehead atoms. The van der Waals surface area contributed by atoms with E-state index in [0.717, 1.165) is 37.0 Å². The maximum Gasteiger partial charge on any atom is 0.252 e. The second-order valence-electron chi connectivity index (χ2n) is 7.92. The van der Waals surface area contributed by atoms with Crippen molar-refractivity contribution in [1.82, 2.24) is 10.2 Å². The monoisotopic (exact) mass is 416 g/mol. The van der Waals surface area contributed by atoms with Crippen molar-refractivity contribution in [3.05, 3.63) is 95.8 Å². The summed E-state index contributed by atoms with van der Waals surface area (Å²) in [5.41, 5.74) is 1.32. The Hall–Kier alpha value is -3.34. The van der Waals surface area contributed by atoms with E-state index < -0.39 is 6.04 Å². The van der Waals surface area contributed by atoms with Gasteiger partial charge in [-0.15, -0.1) is 0 Å². The van der Waals surface area contributed by atoms with Crippen LogP contribution in [0.1, 0.15) is 47.6 Å². The Morgan fingerprint density at radius 2 is 1.81 bits per heavy atom. The molecule has 2 aromatic carbocycles. The normalized spacial score (nSPS) is 18.9. The lowest BCUT2D eigenvalue weighted by Gasteiger charge is -2.30. The molecular weight excluding hydrogens is 388 g/mol. The summed E-state index contributed by atoms with van der Waals surface area (Å²) < 4.78 is 6.01. The molecule has 2 amide bonds. The molecule has 1 saturated heterocycles. The predicted octanol–water partition coefficient (Wildman–Crippen LogP) is 4.40. The van der Waals surface area contributed by atoms with Gasteiger partial charge < -0.3 is 15.0 Å². The van der Waals surface area contributed by atoms with Crippen LogP contribution in [-0.2, 0) is 9.53 Å². The number of amides is 2. The molecule has 2 aliphatic rings. The first kappa shape index (κ1) is 20.9. The van der Waals surface area contributed by atoms with Crippen molar-refractivity contribution in [3.63, 3.8) is 0 Å². The lowest BCUT2D eigenvalue weighted by atomic mass is 10.0. The molecule has 31 heavy (non-hydrogen) atoms. The predicted molar refractivity (Wildman–Crippen MR) is 120 cm³/mol. The molecule has 2 aromatic rings. The Morgan fingerprint density at radius 3 is 2.52 bits per heavy atom. The summed E-state index contributed by atoms with van der Waals surface area (Å²) in [6, 6.07) is 17.7. The van der Waals surface area contributed by atoms with E-state index in [0.29, 0.717) is 18.7 Å². The highest BCUT2D eigenvalue weighted by molar-refractivity contribution is 5.98. The van der Waals surface area contributed by atoms with Gasteiger partial charge in [0.1, 0.15) is 12.6 Å². The summed E-state index contributed by atoms with van der Waals surface area (Å²) in [6.45, 7) is 1.16. The van der Waals surface area contributed by atoms with Crippen molar-refractivity contribution in [2.45, 2.75) is 37.8 Å². The molecule has 5 nitrogen and oxygen atoms in total. The number of hydrogen-bond acceptors (Lipinski definition) is 3. The van der Waals surface area contributed by atoms with Crippen molar-refractivity contribution >= 4 is 11.8 Å². The summed E-state index contributed by atoms with van der Waals surface area (Å²) in [4.78, 5) is 28.3. The van der Waals surface area contributed by atoms with Crippen LogP contribution in [0.2, 0.25) is 0 Å². The molecule has 5 heteroatoms. The fraction of sp³-hybridized carbons (Fsp3) is 0.308. The second kappa shape index (κ2) is 10.1. The molecule has 1 heterocycles. The summed E-state index contributed by atoms with van der Waals surface area (Å²) in [6.07, 6.45) is 9.87. The smallest absolute Gasteiger partial charge is 0.252 e. The van der Waals surface area contributed by atoms with Gasteiger partial charge in [-0.1, -0.05) is 60.7 Å². The molecule has 1 fully saturated rings. The van der Waals surface area contributed by atoms with Gasteiger partial charge in [0.2, 0.25) is 5.91 Å². The largest absolute Gasteiger partial charge is 0.496 e. The SMILES string of the molecule is O=C(NC(C(=O)N1CCCC1COC1=CC=CCC1)c1ccccc1)c1ccccc1. The van der Waals surface area contributed by atoms with E-state index in [1.165, 1.54) is 0 Å². The van der Waals surface area contributed by atoms with Crippen LogP contribution in [0, 0.1) is 0 Å². The minimum absolute atomic E-state index is 0.0131. The van der Waals surface area contributed by atoms with Crippen molar-refractivity contribution in [2.24, 2.45) is 0 Å². The van der Waals surface area contributed by atoms with Crippen molar-refractivity contribution in [2.75, 3.05) is 13.2 Å². The Bertz CT molecular complexity index is 953. The molecule has 160 valence electrons. The maximum atomic E-state index is 13.6. The summed E-state index contributed by atoms with van der Waals surface area (Å²) >= 11 is 0. The van der Waals surface area contributed by atoms with E-state index in [1.807, 2.05) is 65.6 Å². The van der Waals surface area contributed by atoms with E-state index in [9.17, 15) is 9.59 Å². The Balaban J connectivity index is 1.50. The first-order valence-corrected chi connectivity index (χ1v) is 10.9. The van der Waals surface area contributed by atoms with Gasteiger partial charge in [-0.05, 0) is 43.0 Å². The molecule has 1 aliphatic heterocycles. The van der Waals surface area contributed by atoms with E-state index >= 15 is 0 Å². The average Bonchev–Trinajstić information content (AvgIpc) is 3.31. The first-order valence-electron chi connectivity index (χ1n) is 10.9. The van der Waals surface area contributed by atoms with Crippen LogP contribution in [0.25, 0.3) is 0 Å². The van der Waals surface area contributed by atoms with Gasteiger partial charge in [0.05, 0.1) is 11.8 Å². The number of carbonyl (C=O) groups is 2. The zero-order valence-electron chi connectivity index (χ0n) is 17.6. The molecule has 2 atom stereocenters.